The van der Waals surface area contributed by atoms with Gasteiger partial charge in [-0.1, -0.05) is 29.4 Å². The Morgan fingerprint density at radius 2 is 2.09 bits per heavy atom. The molecule has 1 saturated heterocycles. The number of hydrogen-bond donors (Lipinski definition) is 1. The lowest BCUT2D eigenvalue weighted by atomic mass is 10.3. The zero-order valence-electron chi connectivity index (χ0n) is 11.9. The van der Waals surface area contributed by atoms with E-state index in [0.717, 1.165) is 37.6 Å². The van der Waals surface area contributed by atoms with Crippen LogP contribution in [0.1, 0.15) is 12.8 Å². The molecule has 116 valence electrons. The first-order valence-electron chi connectivity index (χ1n) is 7.02. The van der Waals surface area contributed by atoms with Gasteiger partial charge in [0, 0.05) is 18.1 Å². The van der Waals surface area contributed by atoms with E-state index in [1.165, 1.54) is 11.8 Å². The minimum atomic E-state index is -0.381. The summed E-state index contributed by atoms with van der Waals surface area (Å²) >= 11 is 7.39. The van der Waals surface area contributed by atoms with Gasteiger partial charge in [0.15, 0.2) is 5.16 Å². The average Bonchev–Trinajstić information content (AvgIpc) is 3.14. The second kappa shape index (κ2) is 6.58. The number of carbonyl (C=O) groups is 1. The Labute approximate surface area is 137 Å². The topological polar surface area (TPSA) is 77.0 Å². The first-order valence-corrected chi connectivity index (χ1v) is 8.39. The van der Waals surface area contributed by atoms with Crippen LogP contribution in [0, 0.1) is 0 Å². The Hall–Kier alpha value is -1.73. The number of anilines is 1. The summed E-state index contributed by atoms with van der Waals surface area (Å²) < 4.78 is 1.94. The molecule has 6 nitrogen and oxygen atoms in total. The number of nitrogens with zero attached hydrogens (tertiary/aromatic N) is 4. The fourth-order valence-corrected chi connectivity index (χ4v) is 3.33. The van der Waals surface area contributed by atoms with Crippen LogP contribution in [-0.2, 0) is 4.79 Å². The molecule has 2 N–H and O–H groups in total. The molecular formula is C14H16ClN5OS. The van der Waals surface area contributed by atoms with Gasteiger partial charge in [-0.2, -0.15) is 0 Å². The highest BCUT2D eigenvalue weighted by Crippen LogP contribution is 2.29. The highest BCUT2D eigenvalue weighted by atomic mass is 35.5. The number of thioether (sulfide) groups is 1. The molecule has 2 heterocycles. The predicted octanol–water partition coefficient (Wildman–Crippen LogP) is 2.10. The highest BCUT2D eigenvalue weighted by Gasteiger charge is 2.22. The van der Waals surface area contributed by atoms with Crippen molar-refractivity contribution in [1.82, 2.24) is 14.8 Å². The Bertz CT molecular complexity index is 684. The van der Waals surface area contributed by atoms with Gasteiger partial charge >= 0.3 is 0 Å². The summed E-state index contributed by atoms with van der Waals surface area (Å²) in [6.07, 6.45) is 2.29. The van der Waals surface area contributed by atoms with Gasteiger partial charge in [-0.15, -0.1) is 10.2 Å². The van der Waals surface area contributed by atoms with Crippen molar-refractivity contribution in [2.45, 2.75) is 18.0 Å². The lowest BCUT2D eigenvalue weighted by Crippen LogP contribution is -2.22. The number of benzene rings is 1. The fourth-order valence-electron chi connectivity index (χ4n) is 2.45. The summed E-state index contributed by atoms with van der Waals surface area (Å²) in [5, 5.41) is 9.81. The Kier molecular flexibility index (Phi) is 4.54. The molecule has 0 unspecified atom stereocenters. The van der Waals surface area contributed by atoms with Gasteiger partial charge in [-0.3, -0.25) is 9.36 Å². The molecule has 1 amide bonds. The lowest BCUT2D eigenvalue weighted by molar-refractivity contribution is -0.115. The van der Waals surface area contributed by atoms with Gasteiger partial charge in [0.05, 0.1) is 11.4 Å². The van der Waals surface area contributed by atoms with Crippen molar-refractivity contribution in [3.63, 3.8) is 0 Å². The quantitative estimate of drug-likeness (QED) is 0.845. The number of nitrogens with two attached hydrogens (primary N) is 1. The average molecular weight is 338 g/mol. The maximum absolute atomic E-state index is 11.0. The van der Waals surface area contributed by atoms with Crippen molar-refractivity contribution >= 4 is 35.2 Å². The van der Waals surface area contributed by atoms with E-state index in [1.54, 1.807) is 0 Å². The molecule has 1 aliphatic rings. The number of primary amides is 1. The Morgan fingerprint density at radius 1 is 1.32 bits per heavy atom. The molecule has 0 bridgehead atoms. The first-order chi connectivity index (χ1) is 10.6. The zero-order valence-corrected chi connectivity index (χ0v) is 13.5. The molecule has 0 atom stereocenters. The van der Waals surface area contributed by atoms with Crippen LogP contribution in [0.3, 0.4) is 0 Å². The van der Waals surface area contributed by atoms with E-state index in [-0.39, 0.29) is 11.7 Å². The van der Waals surface area contributed by atoms with E-state index in [4.69, 9.17) is 17.3 Å². The fraction of sp³-hybridized carbons (Fsp3) is 0.357. The van der Waals surface area contributed by atoms with Crippen molar-refractivity contribution in [3.05, 3.63) is 29.3 Å². The molecule has 1 aliphatic heterocycles. The van der Waals surface area contributed by atoms with Gasteiger partial charge in [0.25, 0.3) is 0 Å². The molecule has 2 aromatic rings. The van der Waals surface area contributed by atoms with Gasteiger partial charge < -0.3 is 10.6 Å². The monoisotopic (exact) mass is 337 g/mol. The minimum absolute atomic E-state index is 0.165. The summed E-state index contributed by atoms with van der Waals surface area (Å²) in [4.78, 5) is 13.2. The third-order valence-electron chi connectivity index (χ3n) is 3.42. The molecule has 0 saturated carbocycles. The van der Waals surface area contributed by atoms with E-state index >= 15 is 0 Å². The number of aromatic nitrogens is 3. The van der Waals surface area contributed by atoms with E-state index in [1.807, 2.05) is 28.8 Å². The largest absolute Gasteiger partial charge is 0.369 e. The van der Waals surface area contributed by atoms with Crippen molar-refractivity contribution in [2.24, 2.45) is 5.73 Å². The van der Waals surface area contributed by atoms with Gasteiger partial charge in [0.1, 0.15) is 0 Å². The number of halogens is 1. The van der Waals surface area contributed by atoms with Gasteiger partial charge in [-0.25, -0.2) is 0 Å². The van der Waals surface area contributed by atoms with Crippen molar-refractivity contribution in [3.8, 4) is 5.69 Å². The highest BCUT2D eigenvalue weighted by molar-refractivity contribution is 7.99. The first kappa shape index (κ1) is 15.2. The number of amides is 1. The van der Waals surface area contributed by atoms with Crippen LogP contribution >= 0.6 is 23.4 Å². The molecular weight excluding hydrogens is 322 g/mol. The molecule has 3 rings (SSSR count). The second-order valence-electron chi connectivity index (χ2n) is 5.05. The summed E-state index contributed by atoms with van der Waals surface area (Å²) in [5.74, 6) is 0.568. The van der Waals surface area contributed by atoms with Crippen LogP contribution in [-0.4, -0.2) is 39.5 Å². The SMILES string of the molecule is NC(=O)CSc1nnc(N2CCCC2)n1-c1cccc(Cl)c1. The van der Waals surface area contributed by atoms with Crippen molar-refractivity contribution < 1.29 is 4.79 Å². The minimum Gasteiger partial charge on any atom is -0.369 e. The second-order valence-corrected chi connectivity index (χ2v) is 6.43. The van der Waals surface area contributed by atoms with Crippen LogP contribution in [0.5, 0.6) is 0 Å². The Morgan fingerprint density at radius 3 is 2.77 bits per heavy atom. The lowest BCUT2D eigenvalue weighted by Gasteiger charge is -2.18. The molecule has 0 aliphatic carbocycles. The molecule has 1 fully saturated rings. The molecule has 1 aromatic carbocycles. The predicted molar refractivity (Wildman–Crippen MR) is 87.7 cm³/mol. The standard InChI is InChI=1S/C14H16ClN5OS/c15-10-4-3-5-11(8-10)20-13(19-6-1-2-7-19)17-18-14(20)22-9-12(16)21/h3-5,8H,1-2,6-7,9H2,(H2,16,21). The summed E-state index contributed by atoms with van der Waals surface area (Å²) in [6.45, 7) is 1.92. The van der Waals surface area contributed by atoms with E-state index < -0.39 is 0 Å². The van der Waals surface area contributed by atoms with Gasteiger partial charge in [0.2, 0.25) is 11.9 Å². The summed E-state index contributed by atoms with van der Waals surface area (Å²) in [6, 6.07) is 7.51. The molecule has 1 aromatic heterocycles. The Balaban J connectivity index is 2.01. The number of carbonyl (C=O) groups excluding carboxylic acids is 1. The molecule has 22 heavy (non-hydrogen) atoms. The van der Waals surface area contributed by atoms with Crippen LogP contribution in [0.4, 0.5) is 5.95 Å². The van der Waals surface area contributed by atoms with Crippen molar-refractivity contribution in [1.29, 1.82) is 0 Å². The van der Waals surface area contributed by atoms with Crippen molar-refractivity contribution in [2.75, 3.05) is 23.7 Å². The van der Waals surface area contributed by atoms with Crippen LogP contribution in [0.25, 0.3) is 5.69 Å². The maximum atomic E-state index is 11.0. The van der Waals surface area contributed by atoms with Crippen LogP contribution in [0.15, 0.2) is 29.4 Å². The summed E-state index contributed by atoms with van der Waals surface area (Å²) in [5.41, 5.74) is 6.11. The smallest absolute Gasteiger partial charge is 0.232 e. The maximum Gasteiger partial charge on any atom is 0.232 e. The van der Waals surface area contributed by atoms with Crippen LogP contribution in [0.2, 0.25) is 5.02 Å². The van der Waals surface area contributed by atoms with Crippen LogP contribution < -0.4 is 10.6 Å². The number of hydrogen-bond acceptors (Lipinski definition) is 5. The summed E-state index contributed by atoms with van der Waals surface area (Å²) in [7, 11) is 0. The number of rotatable bonds is 5. The normalized spacial score (nSPS) is 14.5. The van der Waals surface area contributed by atoms with E-state index in [2.05, 4.69) is 15.1 Å². The van der Waals surface area contributed by atoms with Gasteiger partial charge in [-0.05, 0) is 31.0 Å². The van der Waals surface area contributed by atoms with E-state index in [0.29, 0.717) is 10.2 Å². The molecule has 0 spiro atoms. The zero-order chi connectivity index (χ0) is 15.5. The third-order valence-corrected chi connectivity index (χ3v) is 4.60. The molecule has 8 heteroatoms. The third kappa shape index (κ3) is 3.20. The molecule has 0 radical (unpaired) electrons. The van der Waals surface area contributed by atoms with E-state index in [9.17, 15) is 4.79 Å².